The zero-order valence-electron chi connectivity index (χ0n) is 26.8. The number of carbonyl (C=O) groups is 4. The van der Waals surface area contributed by atoms with Crippen molar-refractivity contribution in [3.63, 3.8) is 0 Å². The third kappa shape index (κ3) is 6.77. The Hall–Kier alpha value is -4.05. The Morgan fingerprint density at radius 3 is 2.62 bits per heavy atom. The number of amides is 4. The summed E-state index contributed by atoms with van der Waals surface area (Å²) in [5.74, 6) is -0.167. The van der Waals surface area contributed by atoms with Gasteiger partial charge in [0.1, 0.15) is 12.8 Å². The molecule has 1 aliphatic carbocycles. The van der Waals surface area contributed by atoms with Crippen LogP contribution < -0.4 is 25.6 Å². The summed E-state index contributed by atoms with van der Waals surface area (Å²) in [6, 6.07) is 7.43. The molecule has 3 saturated heterocycles. The van der Waals surface area contributed by atoms with Crippen LogP contribution in [0.5, 0.6) is 0 Å². The van der Waals surface area contributed by atoms with Gasteiger partial charge in [0.05, 0.1) is 37.2 Å². The van der Waals surface area contributed by atoms with E-state index in [0.29, 0.717) is 43.5 Å². The van der Waals surface area contributed by atoms with Crippen molar-refractivity contribution in [1.29, 1.82) is 0 Å². The molecule has 14 nitrogen and oxygen atoms in total. The van der Waals surface area contributed by atoms with Gasteiger partial charge in [0, 0.05) is 61.6 Å². The fourth-order valence-corrected chi connectivity index (χ4v) is 8.79. The fourth-order valence-electron chi connectivity index (χ4n) is 7.23. The van der Waals surface area contributed by atoms with Crippen LogP contribution in [0.25, 0.3) is 0 Å². The van der Waals surface area contributed by atoms with Gasteiger partial charge >= 0.3 is 5.82 Å². The second-order valence-electron chi connectivity index (χ2n) is 13.7. The van der Waals surface area contributed by atoms with Crippen molar-refractivity contribution in [3.05, 3.63) is 58.9 Å². The van der Waals surface area contributed by atoms with E-state index in [0.717, 1.165) is 56.0 Å². The first kappa shape index (κ1) is 32.5. The molecule has 15 heteroatoms. The lowest BCUT2D eigenvalue weighted by Gasteiger charge is -2.31. The van der Waals surface area contributed by atoms with Crippen LogP contribution in [-0.4, -0.2) is 111 Å². The van der Waals surface area contributed by atoms with E-state index in [4.69, 9.17) is 4.99 Å². The van der Waals surface area contributed by atoms with Crippen LogP contribution in [0.1, 0.15) is 60.9 Å². The van der Waals surface area contributed by atoms with Crippen LogP contribution in [0.3, 0.4) is 0 Å². The van der Waals surface area contributed by atoms with Gasteiger partial charge in [-0.3, -0.25) is 24.5 Å². The largest absolute Gasteiger partial charge is 0.349 e. The number of allylic oxidation sites excluding steroid dienone is 2. The molecule has 5 heterocycles. The van der Waals surface area contributed by atoms with E-state index in [-0.39, 0.29) is 55.2 Å². The quantitative estimate of drug-likeness (QED) is 0.147. The Balaban J connectivity index is 0.850. The highest BCUT2D eigenvalue weighted by atomic mass is 32.2. The van der Waals surface area contributed by atoms with E-state index in [2.05, 4.69) is 20.7 Å². The molecule has 0 radical (unpaired) electrons. The van der Waals surface area contributed by atoms with E-state index in [1.807, 2.05) is 41.1 Å². The number of nitrogens with one attached hydrogen (secondary N) is 5. The number of piperidine rings is 1. The molecule has 5 aliphatic heterocycles. The van der Waals surface area contributed by atoms with E-state index in [1.54, 1.807) is 6.07 Å². The van der Waals surface area contributed by atoms with Gasteiger partial charge < -0.3 is 15.5 Å². The Morgan fingerprint density at radius 1 is 1.08 bits per heavy atom. The summed E-state index contributed by atoms with van der Waals surface area (Å²) in [6.45, 7) is 3.41. The van der Waals surface area contributed by atoms with Crippen molar-refractivity contribution >= 4 is 45.8 Å². The second kappa shape index (κ2) is 13.1. The number of likely N-dealkylation sites (tertiary alicyclic amines) is 1. The summed E-state index contributed by atoms with van der Waals surface area (Å²) in [4.78, 5) is 55.6. The van der Waals surface area contributed by atoms with Gasteiger partial charge in [0.25, 0.3) is 22.0 Å². The first-order valence-electron chi connectivity index (χ1n) is 16.8. The third-order valence-electron chi connectivity index (χ3n) is 10.4. The normalized spacial score (nSPS) is 27.4. The zero-order chi connectivity index (χ0) is 33.5. The predicted octanol–water partition coefficient (Wildman–Crippen LogP) is -1.63. The van der Waals surface area contributed by atoms with Crippen molar-refractivity contribution in [2.24, 2.45) is 10.4 Å². The van der Waals surface area contributed by atoms with E-state index in [1.165, 1.54) is 9.21 Å². The number of rotatable bonds is 10. The smallest absolute Gasteiger partial charge is 0.324 e. The number of hydrogen-bond donors (Lipinski definition) is 5. The van der Waals surface area contributed by atoms with Crippen LogP contribution in [0.4, 0.5) is 0 Å². The first-order valence-corrected chi connectivity index (χ1v) is 18.3. The van der Waals surface area contributed by atoms with Gasteiger partial charge in [-0.05, 0) is 48.9 Å². The summed E-state index contributed by atoms with van der Waals surface area (Å²) >= 11 is 0. The maximum absolute atomic E-state index is 13.1. The van der Waals surface area contributed by atoms with Gasteiger partial charge in [-0.25, -0.2) is 4.58 Å². The highest BCUT2D eigenvalue weighted by molar-refractivity contribution is 7.87. The molecule has 6 aliphatic rings. The van der Waals surface area contributed by atoms with Crippen molar-refractivity contribution < 1.29 is 37.1 Å². The molecule has 1 atom stereocenters. The molecule has 0 unspecified atom stereocenters. The maximum atomic E-state index is 13.1. The molecule has 1 saturated carbocycles. The zero-order valence-corrected chi connectivity index (χ0v) is 27.6. The number of imide groups is 1. The number of hydrogen-bond acceptors (Lipinski definition) is 7. The molecule has 4 fully saturated rings. The van der Waals surface area contributed by atoms with Gasteiger partial charge in [0.2, 0.25) is 17.5 Å². The number of carbonyl (C=O) groups excluding carboxylic acids is 4. The number of benzene rings is 1. The molecule has 1 aromatic rings. The van der Waals surface area contributed by atoms with Crippen molar-refractivity contribution in [1.82, 2.24) is 25.0 Å². The van der Waals surface area contributed by atoms with E-state index >= 15 is 0 Å². The molecule has 4 amide bonds. The minimum Gasteiger partial charge on any atom is -0.349 e. The summed E-state index contributed by atoms with van der Waals surface area (Å²) in [7, 11) is -3.77. The Kier molecular flexibility index (Phi) is 8.87. The van der Waals surface area contributed by atoms with E-state index < -0.39 is 15.6 Å². The number of fused-ring (bicyclic) bond motifs is 1. The number of aliphatic imine (C=N–C) groups is 1. The van der Waals surface area contributed by atoms with Gasteiger partial charge in [-0.1, -0.05) is 12.1 Å². The first-order chi connectivity index (χ1) is 23.1. The molecule has 7 rings (SSSR count). The summed E-state index contributed by atoms with van der Waals surface area (Å²) < 4.78 is 32.2. The monoisotopic (exact) mass is 678 g/mol. The Labute approximate surface area is 279 Å². The van der Waals surface area contributed by atoms with Crippen LogP contribution in [-0.2, 0) is 24.6 Å². The third-order valence-corrected chi connectivity index (χ3v) is 12.0. The lowest BCUT2D eigenvalue weighted by molar-refractivity contribution is -0.903. The van der Waals surface area contributed by atoms with E-state index in [9.17, 15) is 27.6 Å². The van der Waals surface area contributed by atoms with Crippen LogP contribution in [0.15, 0.2) is 52.8 Å². The molecule has 0 aromatic heterocycles. The molecular formula is C33H42N8O6S+2. The van der Waals surface area contributed by atoms with Gasteiger partial charge in [-0.2, -0.15) is 17.4 Å². The lowest BCUT2D eigenvalue weighted by atomic mass is 9.86. The highest BCUT2D eigenvalue weighted by Crippen LogP contribution is 2.38. The summed E-state index contributed by atoms with van der Waals surface area (Å²) in [6.07, 6.45) is 10.5. The molecular weight excluding hydrogens is 636 g/mol. The number of quaternary nitrogens is 1. The Bertz CT molecular complexity index is 1770. The number of nitrogens with zero attached hydrogens (tertiary/aromatic N) is 3. The molecule has 5 N–H and O–H groups in total. The van der Waals surface area contributed by atoms with Gasteiger partial charge in [-0.15, -0.1) is 0 Å². The van der Waals surface area contributed by atoms with Crippen molar-refractivity contribution in [2.75, 3.05) is 45.8 Å². The van der Waals surface area contributed by atoms with Crippen molar-refractivity contribution in [3.8, 4) is 0 Å². The average Bonchev–Trinajstić information content (AvgIpc) is 3.76. The fraction of sp³-hybridized carbons (Fsp3) is 0.515. The highest BCUT2D eigenvalue weighted by Gasteiger charge is 2.53. The standard InChI is InChI=1S/C33H40N8O6S/c42-29-18-33(32(45)37-29)11-15-41(21-33)48(46,47)38-26-9-13-39(14-10-26)16-12-34-30(43)23-4-1-3-22(17-23)27-20-40-19-24(7-8-28(40)36-27)31(44)35-25-5-2-6-25/h1,3-4,7-8,17,20,25-26,38H,2,5-6,9-16,18-19,21H2,(H2-,34,35,37,42,43,44,45)/p+2/t33-/m0/s1. The van der Waals surface area contributed by atoms with Crippen LogP contribution in [0.2, 0.25) is 0 Å². The molecule has 1 aromatic carbocycles. The lowest BCUT2D eigenvalue weighted by Crippen LogP contribution is -3.14. The topological polar surface area (TPSA) is 174 Å². The Morgan fingerprint density at radius 2 is 1.90 bits per heavy atom. The predicted molar refractivity (Wildman–Crippen MR) is 175 cm³/mol. The van der Waals surface area contributed by atoms with Crippen LogP contribution in [0, 0.1) is 5.41 Å². The van der Waals surface area contributed by atoms with Crippen molar-refractivity contribution in [2.45, 2.75) is 57.0 Å². The van der Waals surface area contributed by atoms with Crippen LogP contribution >= 0.6 is 0 Å². The maximum Gasteiger partial charge on any atom is 0.324 e. The minimum atomic E-state index is -3.77. The molecule has 254 valence electrons. The SMILES string of the molecule is O=C1C[C@]2(CCN(S(=O)(=O)NC3CC[NH+](CCNC(=O)c4cccc(C5=NC6=CC=C(C(=O)NC7CCC7)C[N+]6=C5)c4)CC3)C2)C(=O)N1. The molecule has 0 bridgehead atoms. The second-order valence-corrected chi connectivity index (χ2v) is 15.4. The average molecular weight is 679 g/mol. The van der Waals surface area contributed by atoms with Gasteiger partial charge in [0.15, 0.2) is 0 Å². The minimum absolute atomic E-state index is 0.0220. The summed E-state index contributed by atoms with van der Waals surface area (Å²) in [5, 5.41) is 8.41. The molecule has 1 spiro atoms. The summed E-state index contributed by atoms with van der Waals surface area (Å²) in [5.41, 5.74) is 1.84. The molecule has 48 heavy (non-hydrogen) atoms.